The number of hydrogen-bond acceptors (Lipinski definition) is 6. The van der Waals surface area contributed by atoms with E-state index in [1.54, 1.807) is 38.4 Å². The highest BCUT2D eigenvalue weighted by Crippen LogP contribution is 2.21. The van der Waals surface area contributed by atoms with E-state index in [4.69, 9.17) is 14.2 Å². The van der Waals surface area contributed by atoms with Crippen LogP contribution in [0.4, 0.5) is 0 Å². The van der Waals surface area contributed by atoms with Crippen molar-refractivity contribution in [2.75, 3.05) is 13.2 Å². The van der Waals surface area contributed by atoms with Gasteiger partial charge in [-0.05, 0) is 44.5 Å². The van der Waals surface area contributed by atoms with Crippen LogP contribution < -0.4 is 9.47 Å². The van der Waals surface area contributed by atoms with Gasteiger partial charge in [0.15, 0.2) is 17.7 Å². The molecule has 0 saturated carbocycles. The molecule has 28 heavy (non-hydrogen) atoms. The van der Waals surface area contributed by atoms with Gasteiger partial charge in [-0.25, -0.2) is 14.8 Å². The summed E-state index contributed by atoms with van der Waals surface area (Å²) in [5.74, 6) is 1.51. The molecular formula is C22H30N2O4. The van der Waals surface area contributed by atoms with E-state index in [-0.39, 0.29) is 5.97 Å². The molecule has 0 bridgehead atoms. The molecule has 1 aromatic carbocycles. The Hall–Kier alpha value is -2.63. The molecule has 1 atom stereocenters. The van der Waals surface area contributed by atoms with Crippen molar-refractivity contribution in [3.63, 3.8) is 0 Å². The van der Waals surface area contributed by atoms with Gasteiger partial charge in [0, 0.05) is 5.56 Å². The first-order chi connectivity index (χ1) is 13.6. The second kappa shape index (κ2) is 12.0. The summed E-state index contributed by atoms with van der Waals surface area (Å²) >= 11 is 0. The van der Waals surface area contributed by atoms with Crippen molar-refractivity contribution in [1.82, 2.24) is 9.97 Å². The fraction of sp³-hybridized carbons (Fsp3) is 0.500. The fourth-order valence-electron chi connectivity index (χ4n) is 2.63. The van der Waals surface area contributed by atoms with E-state index in [1.807, 2.05) is 12.1 Å². The molecule has 0 spiro atoms. The lowest BCUT2D eigenvalue weighted by Crippen LogP contribution is -2.25. The SMILES string of the molecule is CCCCCCCOc1cnc(-c2ccc(OC(C)C(=O)OCC)cc2)nc1. The predicted octanol–water partition coefficient (Wildman–Crippen LogP) is 4.82. The van der Waals surface area contributed by atoms with Crippen LogP contribution in [-0.4, -0.2) is 35.3 Å². The highest BCUT2D eigenvalue weighted by Gasteiger charge is 2.15. The second-order valence-electron chi connectivity index (χ2n) is 6.54. The number of esters is 1. The summed E-state index contributed by atoms with van der Waals surface area (Å²) in [7, 11) is 0. The largest absolute Gasteiger partial charge is 0.490 e. The van der Waals surface area contributed by atoms with Gasteiger partial charge in [-0.2, -0.15) is 0 Å². The number of nitrogens with zero attached hydrogens (tertiary/aromatic N) is 2. The quantitative estimate of drug-likeness (QED) is 0.385. The van der Waals surface area contributed by atoms with Gasteiger partial charge in [-0.3, -0.25) is 0 Å². The van der Waals surface area contributed by atoms with E-state index in [0.29, 0.717) is 30.5 Å². The van der Waals surface area contributed by atoms with Gasteiger partial charge in [0.1, 0.15) is 5.75 Å². The highest BCUT2D eigenvalue weighted by atomic mass is 16.6. The van der Waals surface area contributed by atoms with E-state index in [9.17, 15) is 4.79 Å². The van der Waals surface area contributed by atoms with Crippen LogP contribution in [0, 0.1) is 0 Å². The molecule has 0 aliphatic rings. The zero-order valence-corrected chi connectivity index (χ0v) is 17.0. The van der Waals surface area contributed by atoms with Crippen molar-refractivity contribution < 1.29 is 19.0 Å². The fourth-order valence-corrected chi connectivity index (χ4v) is 2.63. The molecule has 2 rings (SSSR count). The smallest absolute Gasteiger partial charge is 0.347 e. The highest BCUT2D eigenvalue weighted by molar-refractivity contribution is 5.74. The summed E-state index contributed by atoms with van der Waals surface area (Å²) in [4.78, 5) is 20.4. The van der Waals surface area contributed by atoms with Crippen molar-refractivity contribution >= 4 is 5.97 Å². The first kappa shape index (κ1) is 21.7. The van der Waals surface area contributed by atoms with E-state index in [2.05, 4.69) is 16.9 Å². The molecule has 1 heterocycles. The Morgan fingerprint density at radius 1 is 0.964 bits per heavy atom. The molecule has 0 aliphatic carbocycles. The minimum atomic E-state index is -0.652. The Morgan fingerprint density at radius 2 is 1.64 bits per heavy atom. The average molecular weight is 386 g/mol. The van der Waals surface area contributed by atoms with Gasteiger partial charge in [0.2, 0.25) is 0 Å². The van der Waals surface area contributed by atoms with Crippen LogP contribution in [0.1, 0.15) is 52.9 Å². The number of ether oxygens (including phenoxy) is 3. The number of carbonyl (C=O) groups is 1. The maximum atomic E-state index is 11.6. The lowest BCUT2D eigenvalue weighted by molar-refractivity contribution is -0.150. The molecule has 0 saturated heterocycles. The summed E-state index contributed by atoms with van der Waals surface area (Å²) in [5, 5.41) is 0. The lowest BCUT2D eigenvalue weighted by atomic mass is 10.2. The summed E-state index contributed by atoms with van der Waals surface area (Å²) in [6, 6.07) is 7.29. The zero-order valence-electron chi connectivity index (χ0n) is 17.0. The van der Waals surface area contributed by atoms with Crippen LogP contribution in [0.25, 0.3) is 11.4 Å². The number of aromatic nitrogens is 2. The maximum Gasteiger partial charge on any atom is 0.347 e. The molecular weight excluding hydrogens is 356 g/mol. The molecule has 6 heteroatoms. The van der Waals surface area contributed by atoms with Gasteiger partial charge < -0.3 is 14.2 Å². The predicted molar refractivity (Wildman–Crippen MR) is 108 cm³/mol. The summed E-state index contributed by atoms with van der Waals surface area (Å²) < 4.78 is 16.2. The molecule has 0 fully saturated rings. The number of rotatable bonds is 12. The average Bonchev–Trinajstić information content (AvgIpc) is 2.72. The Morgan fingerprint density at radius 3 is 2.29 bits per heavy atom. The van der Waals surface area contributed by atoms with Gasteiger partial charge in [0.05, 0.1) is 25.6 Å². The first-order valence-electron chi connectivity index (χ1n) is 10.0. The molecule has 0 N–H and O–H groups in total. The Labute approximate surface area is 167 Å². The Kier molecular flexibility index (Phi) is 9.25. The third kappa shape index (κ3) is 7.18. The van der Waals surface area contributed by atoms with Crippen LogP contribution in [0.2, 0.25) is 0 Å². The van der Waals surface area contributed by atoms with Gasteiger partial charge in [-0.1, -0.05) is 32.6 Å². The van der Waals surface area contributed by atoms with E-state index in [0.717, 1.165) is 12.0 Å². The van der Waals surface area contributed by atoms with Crippen LogP contribution in [0.5, 0.6) is 11.5 Å². The molecule has 0 aliphatic heterocycles. The van der Waals surface area contributed by atoms with Gasteiger partial charge in [-0.15, -0.1) is 0 Å². The summed E-state index contributed by atoms with van der Waals surface area (Å²) in [6.07, 6.45) is 8.76. The van der Waals surface area contributed by atoms with E-state index in [1.165, 1.54) is 25.7 Å². The number of benzene rings is 1. The number of unbranched alkanes of at least 4 members (excludes halogenated alkanes) is 4. The molecule has 0 amide bonds. The third-order valence-corrected chi connectivity index (χ3v) is 4.19. The molecule has 1 unspecified atom stereocenters. The van der Waals surface area contributed by atoms with Crippen LogP contribution >= 0.6 is 0 Å². The van der Waals surface area contributed by atoms with Gasteiger partial charge >= 0.3 is 5.97 Å². The normalized spacial score (nSPS) is 11.7. The van der Waals surface area contributed by atoms with Crippen molar-refractivity contribution in [2.45, 2.75) is 59.0 Å². The Balaban J connectivity index is 1.84. The van der Waals surface area contributed by atoms with Gasteiger partial charge in [0.25, 0.3) is 0 Å². The first-order valence-corrected chi connectivity index (χ1v) is 10.0. The van der Waals surface area contributed by atoms with Crippen LogP contribution in [-0.2, 0) is 9.53 Å². The molecule has 1 aromatic heterocycles. The topological polar surface area (TPSA) is 70.5 Å². The summed E-state index contributed by atoms with van der Waals surface area (Å²) in [5.41, 5.74) is 0.863. The van der Waals surface area contributed by atoms with Crippen LogP contribution in [0.15, 0.2) is 36.7 Å². The van der Waals surface area contributed by atoms with E-state index < -0.39 is 6.10 Å². The second-order valence-corrected chi connectivity index (χ2v) is 6.54. The molecule has 6 nitrogen and oxygen atoms in total. The van der Waals surface area contributed by atoms with Crippen molar-refractivity contribution in [1.29, 1.82) is 0 Å². The third-order valence-electron chi connectivity index (χ3n) is 4.19. The molecule has 2 aromatic rings. The number of hydrogen-bond donors (Lipinski definition) is 0. The van der Waals surface area contributed by atoms with Crippen molar-refractivity contribution in [2.24, 2.45) is 0 Å². The van der Waals surface area contributed by atoms with Crippen LogP contribution in [0.3, 0.4) is 0 Å². The van der Waals surface area contributed by atoms with Crippen molar-refractivity contribution in [3.8, 4) is 22.9 Å². The van der Waals surface area contributed by atoms with E-state index >= 15 is 0 Å². The minimum absolute atomic E-state index is 0.335. The monoisotopic (exact) mass is 386 g/mol. The molecule has 152 valence electrons. The minimum Gasteiger partial charge on any atom is -0.490 e. The van der Waals surface area contributed by atoms with Crippen molar-refractivity contribution in [3.05, 3.63) is 36.7 Å². The molecule has 0 radical (unpaired) electrons. The Bertz CT molecular complexity index is 701. The standard InChI is InChI=1S/C22H30N2O4/c1-4-6-7-8-9-14-27-20-15-23-21(24-16-20)18-10-12-19(13-11-18)28-17(3)22(25)26-5-2/h10-13,15-17H,4-9,14H2,1-3H3. The maximum absolute atomic E-state index is 11.6. The lowest BCUT2D eigenvalue weighted by Gasteiger charge is -2.13. The number of carbonyl (C=O) groups excluding carboxylic acids is 1. The zero-order chi connectivity index (χ0) is 20.2. The summed E-state index contributed by atoms with van der Waals surface area (Å²) in [6.45, 7) is 6.67.